The first-order valence-electron chi connectivity index (χ1n) is 8.21. The number of pyridine rings is 1. The zero-order chi connectivity index (χ0) is 17.2. The predicted octanol–water partition coefficient (Wildman–Crippen LogP) is 4.28. The van der Waals surface area contributed by atoms with Crippen LogP contribution in [-0.2, 0) is 11.3 Å². The number of fused-ring (bicyclic) bond motifs is 1. The third kappa shape index (κ3) is 3.65. The molecule has 2 N–H and O–H groups in total. The number of carbonyl (C=O) groups is 1. The van der Waals surface area contributed by atoms with E-state index in [1.54, 1.807) is 0 Å². The summed E-state index contributed by atoms with van der Waals surface area (Å²) in [6.07, 6.45) is 4.23. The van der Waals surface area contributed by atoms with Crippen LogP contribution in [0.3, 0.4) is 0 Å². The molecule has 124 valence electrons. The Kier molecular flexibility index (Phi) is 4.38. The molecule has 0 aliphatic rings. The van der Waals surface area contributed by atoms with Crippen LogP contribution in [0.15, 0.2) is 48.8 Å². The highest BCUT2D eigenvalue weighted by atomic mass is 16.1. The van der Waals surface area contributed by atoms with E-state index in [1.807, 2.05) is 36.7 Å². The fraction of sp³-hybridized carbons (Fsp3) is 0.300. The summed E-state index contributed by atoms with van der Waals surface area (Å²) in [5.74, 6) is 0.0822. The van der Waals surface area contributed by atoms with E-state index in [0.29, 0.717) is 13.0 Å². The number of benzene rings is 1. The Labute approximate surface area is 142 Å². The Bertz CT molecular complexity index is 858. The molecule has 3 rings (SSSR count). The number of amides is 1. The first kappa shape index (κ1) is 16.2. The topological polar surface area (TPSA) is 57.8 Å². The fourth-order valence-corrected chi connectivity index (χ4v) is 2.87. The molecule has 0 unspecified atom stereocenters. The molecule has 1 aromatic carbocycles. The number of aromatic nitrogens is 2. The molecule has 2 heterocycles. The highest BCUT2D eigenvalue weighted by molar-refractivity contribution is 5.93. The van der Waals surface area contributed by atoms with Gasteiger partial charge < -0.3 is 10.3 Å². The summed E-state index contributed by atoms with van der Waals surface area (Å²) in [4.78, 5) is 19.6. The summed E-state index contributed by atoms with van der Waals surface area (Å²) >= 11 is 0. The van der Waals surface area contributed by atoms with E-state index in [9.17, 15) is 4.79 Å². The average Bonchev–Trinajstić information content (AvgIpc) is 3.00. The van der Waals surface area contributed by atoms with Crippen molar-refractivity contribution >= 4 is 16.9 Å². The molecular formula is C20H23N3O. The number of H-pyrrole nitrogens is 1. The Hall–Kier alpha value is -2.62. The summed E-state index contributed by atoms with van der Waals surface area (Å²) in [7, 11) is 0. The predicted molar refractivity (Wildman–Crippen MR) is 97.4 cm³/mol. The van der Waals surface area contributed by atoms with Crippen LogP contribution in [-0.4, -0.2) is 15.9 Å². The van der Waals surface area contributed by atoms with Crippen LogP contribution in [0.4, 0.5) is 0 Å². The van der Waals surface area contributed by atoms with E-state index in [1.165, 1.54) is 0 Å². The second-order valence-corrected chi connectivity index (χ2v) is 7.27. The molecule has 0 atom stereocenters. The first-order chi connectivity index (χ1) is 11.4. The molecule has 4 heteroatoms. The minimum absolute atomic E-state index is 0.00795. The van der Waals surface area contributed by atoms with Crippen LogP contribution in [0.25, 0.3) is 22.2 Å². The lowest BCUT2D eigenvalue weighted by Gasteiger charge is -2.18. The summed E-state index contributed by atoms with van der Waals surface area (Å²) in [6, 6.07) is 12.2. The third-order valence-electron chi connectivity index (χ3n) is 3.93. The number of nitrogens with one attached hydrogen (secondary N) is 2. The Morgan fingerprint density at radius 1 is 1.12 bits per heavy atom. The quantitative estimate of drug-likeness (QED) is 0.753. The number of rotatable bonds is 4. The molecule has 24 heavy (non-hydrogen) atoms. The molecule has 0 bridgehead atoms. The molecule has 0 aliphatic heterocycles. The van der Waals surface area contributed by atoms with Gasteiger partial charge in [0.2, 0.25) is 5.91 Å². The molecule has 1 amide bonds. The van der Waals surface area contributed by atoms with Crippen molar-refractivity contribution in [2.45, 2.75) is 33.7 Å². The number of carbonyl (C=O) groups excluding carboxylic acids is 1. The average molecular weight is 321 g/mol. The van der Waals surface area contributed by atoms with Crippen molar-refractivity contribution in [1.82, 2.24) is 15.3 Å². The van der Waals surface area contributed by atoms with Crippen LogP contribution < -0.4 is 5.32 Å². The molecule has 0 radical (unpaired) electrons. The first-order valence-corrected chi connectivity index (χ1v) is 8.21. The van der Waals surface area contributed by atoms with Crippen LogP contribution >= 0.6 is 0 Å². The lowest BCUT2D eigenvalue weighted by atomic mass is 9.92. The highest BCUT2D eigenvalue weighted by Crippen LogP contribution is 2.29. The van der Waals surface area contributed by atoms with Gasteiger partial charge in [-0.05, 0) is 34.2 Å². The number of nitrogens with zero attached hydrogens (tertiary/aromatic N) is 1. The molecule has 4 nitrogen and oxygen atoms in total. The van der Waals surface area contributed by atoms with Gasteiger partial charge in [0.1, 0.15) is 5.65 Å². The third-order valence-corrected chi connectivity index (χ3v) is 3.93. The molecule has 0 saturated carbocycles. The van der Waals surface area contributed by atoms with Gasteiger partial charge >= 0.3 is 0 Å². The Morgan fingerprint density at radius 2 is 1.92 bits per heavy atom. The number of aromatic amines is 1. The van der Waals surface area contributed by atoms with E-state index < -0.39 is 0 Å². The van der Waals surface area contributed by atoms with E-state index >= 15 is 0 Å². The lowest BCUT2D eigenvalue weighted by Crippen LogP contribution is -2.27. The maximum absolute atomic E-state index is 12.1. The Balaban J connectivity index is 1.86. The summed E-state index contributed by atoms with van der Waals surface area (Å²) in [6.45, 7) is 6.74. The van der Waals surface area contributed by atoms with Gasteiger partial charge in [0, 0.05) is 30.7 Å². The van der Waals surface area contributed by atoms with Gasteiger partial charge in [-0.2, -0.15) is 0 Å². The molecule has 0 aliphatic carbocycles. The van der Waals surface area contributed by atoms with Crippen molar-refractivity contribution < 1.29 is 4.79 Å². The molecule has 2 aromatic heterocycles. The summed E-state index contributed by atoms with van der Waals surface area (Å²) in [5, 5.41) is 4.13. The maximum Gasteiger partial charge on any atom is 0.220 e. The van der Waals surface area contributed by atoms with Crippen molar-refractivity contribution in [1.29, 1.82) is 0 Å². The smallest absolute Gasteiger partial charge is 0.220 e. The van der Waals surface area contributed by atoms with E-state index in [0.717, 1.165) is 27.7 Å². The van der Waals surface area contributed by atoms with E-state index in [4.69, 9.17) is 0 Å². The van der Waals surface area contributed by atoms with Crippen molar-refractivity contribution in [2.24, 2.45) is 5.41 Å². The molecular weight excluding hydrogens is 298 g/mol. The van der Waals surface area contributed by atoms with E-state index in [-0.39, 0.29) is 11.3 Å². The summed E-state index contributed by atoms with van der Waals surface area (Å²) in [5.41, 5.74) is 4.22. The van der Waals surface area contributed by atoms with Crippen molar-refractivity contribution in [3.63, 3.8) is 0 Å². The van der Waals surface area contributed by atoms with E-state index in [2.05, 4.69) is 48.2 Å². The monoisotopic (exact) mass is 321 g/mol. The lowest BCUT2D eigenvalue weighted by molar-refractivity contribution is -0.122. The van der Waals surface area contributed by atoms with Gasteiger partial charge in [-0.1, -0.05) is 45.0 Å². The second-order valence-electron chi connectivity index (χ2n) is 7.27. The van der Waals surface area contributed by atoms with Gasteiger partial charge in [0.15, 0.2) is 0 Å². The molecule has 0 spiro atoms. The highest BCUT2D eigenvalue weighted by Gasteiger charge is 2.16. The van der Waals surface area contributed by atoms with Crippen molar-refractivity contribution in [3.05, 3.63) is 54.4 Å². The fourth-order valence-electron chi connectivity index (χ4n) is 2.87. The maximum atomic E-state index is 12.1. The normalized spacial score (nSPS) is 11.6. The second kappa shape index (κ2) is 6.48. The van der Waals surface area contributed by atoms with Crippen molar-refractivity contribution in [3.8, 4) is 11.1 Å². The van der Waals surface area contributed by atoms with Crippen LogP contribution in [0.2, 0.25) is 0 Å². The van der Waals surface area contributed by atoms with Gasteiger partial charge in [0.25, 0.3) is 0 Å². The minimum atomic E-state index is -0.00795. The molecule has 3 aromatic rings. The van der Waals surface area contributed by atoms with Crippen molar-refractivity contribution in [2.75, 3.05) is 0 Å². The van der Waals surface area contributed by atoms with Crippen LogP contribution in [0.5, 0.6) is 0 Å². The SMILES string of the molecule is CC(C)(C)CC(=O)NCc1ccccc1-c1ccnc2[nH]ccc12. The van der Waals surface area contributed by atoms with Gasteiger partial charge in [0.05, 0.1) is 0 Å². The number of hydrogen-bond donors (Lipinski definition) is 2. The minimum Gasteiger partial charge on any atom is -0.352 e. The Morgan fingerprint density at radius 3 is 2.71 bits per heavy atom. The molecule has 0 saturated heterocycles. The summed E-state index contributed by atoms with van der Waals surface area (Å²) < 4.78 is 0. The number of hydrogen-bond acceptors (Lipinski definition) is 2. The zero-order valence-corrected chi connectivity index (χ0v) is 14.4. The van der Waals surface area contributed by atoms with Gasteiger partial charge in [-0.15, -0.1) is 0 Å². The van der Waals surface area contributed by atoms with Gasteiger partial charge in [-0.25, -0.2) is 4.98 Å². The molecule has 0 fully saturated rings. The van der Waals surface area contributed by atoms with Crippen LogP contribution in [0, 0.1) is 5.41 Å². The van der Waals surface area contributed by atoms with Crippen LogP contribution in [0.1, 0.15) is 32.8 Å². The standard InChI is InChI=1S/C20H23N3O/c1-20(2,3)12-18(24)23-13-14-6-4-5-7-15(14)16-8-10-21-19-17(16)9-11-22-19/h4-11H,12-13H2,1-3H3,(H,21,22)(H,23,24). The largest absolute Gasteiger partial charge is 0.352 e. The van der Waals surface area contributed by atoms with Gasteiger partial charge in [-0.3, -0.25) is 4.79 Å². The zero-order valence-electron chi connectivity index (χ0n) is 14.4.